The van der Waals surface area contributed by atoms with E-state index in [1.165, 1.54) is 11.0 Å². The average molecular weight is 534 g/mol. The highest BCUT2D eigenvalue weighted by Crippen LogP contribution is 2.51. The van der Waals surface area contributed by atoms with Crippen molar-refractivity contribution in [1.82, 2.24) is 10.2 Å². The van der Waals surface area contributed by atoms with E-state index in [9.17, 15) is 34.2 Å². The van der Waals surface area contributed by atoms with Crippen LogP contribution in [0.4, 0.5) is 0 Å². The van der Waals surface area contributed by atoms with Gasteiger partial charge in [-0.25, -0.2) is 0 Å². The average Bonchev–Trinajstić information content (AvgIpc) is 2.86. The minimum Gasteiger partial charge on any atom is -0.507 e. The van der Waals surface area contributed by atoms with E-state index in [-0.39, 0.29) is 24.2 Å². The number of rotatable bonds is 5. The van der Waals surface area contributed by atoms with Crippen molar-refractivity contribution in [2.45, 2.75) is 31.0 Å². The first-order valence-corrected chi connectivity index (χ1v) is 12.9. The van der Waals surface area contributed by atoms with Crippen molar-refractivity contribution in [2.24, 2.45) is 29.4 Å². The number of carbonyl (C=O) groups is 5. The van der Waals surface area contributed by atoms with Gasteiger partial charge >= 0.3 is 0 Å². The molecule has 0 bridgehead atoms. The molecule has 2 aromatic carbocycles. The zero-order chi connectivity index (χ0) is 28.4. The van der Waals surface area contributed by atoms with E-state index in [2.05, 4.69) is 5.32 Å². The third-order valence-corrected chi connectivity index (χ3v) is 8.56. The van der Waals surface area contributed by atoms with Crippen LogP contribution in [0.1, 0.15) is 27.9 Å². The molecule has 0 spiro atoms. The van der Waals surface area contributed by atoms with E-state index in [4.69, 9.17) is 5.73 Å². The molecule has 10 nitrogen and oxygen atoms in total. The summed E-state index contributed by atoms with van der Waals surface area (Å²) >= 11 is 0. The fourth-order valence-electron chi connectivity index (χ4n) is 6.93. The lowest BCUT2D eigenvalue weighted by atomic mass is 9.52. The van der Waals surface area contributed by atoms with Crippen LogP contribution in [0, 0.1) is 23.7 Å². The number of benzene rings is 2. The maximum absolute atomic E-state index is 13.9. The van der Waals surface area contributed by atoms with Gasteiger partial charge in [-0.3, -0.25) is 28.9 Å². The Balaban J connectivity index is 1.64. The Hall–Kier alpha value is -3.73. The molecule has 5 rings (SSSR count). The molecule has 0 aromatic heterocycles. The van der Waals surface area contributed by atoms with Crippen molar-refractivity contribution in [3.63, 3.8) is 0 Å². The number of amides is 1. The number of nitrogens with zero attached hydrogens (tertiary/aromatic N) is 1. The van der Waals surface area contributed by atoms with Gasteiger partial charge in [-0.05, 0) is 74.3 Å². The molecule has 0 aliphatic heterocycles. The number of nitrogens with two attached hydrogens (primary N) is 1. The predicted molar refractivity (Wildman–Crippen MR) is 140 cm³/mol. The number of ketones is 4. The second-order valence-electron chi connectivity index (χ2n) is 11.0. The van der Waals surface area contributed by atoms with E-state index in [1.807, 2.05) is 31.3 Å². The first-order chi connectivity index (χ1) is 18.4. The lowest BCUT2D eigenvalue weighted by Gasteiger charge is -2.52. The Morgan fingerprint density at radius 3 is 2.49 bits per heavy atom. The van der Waals surface area contributed by atoms with Crippen molar-refractivity contribution in [3.05, 3.63) is 53.1 Å². The van der Waals surface area contributed by atoms with Crippen molar-refractivity contribution in [2.75, 3.05) is 21.1 Å². The summed E-state index contributed by atoms with van der Waals surface area (Å²) in [6, 6.07) is 9.74. The summed E-state index contributed by atoms with van der Waals surface area (Å²) < 4.78 is 0. The van der Waals surface area contributed by atoms with Crippen molar-refractivity contribution in [1.29, 1.82) is 0 Å². The largest absolute Gasteiger partial charge is 0.507 e. The summed E-state index contributed by atoms with van der Waals surface area (Å²) in [5, 5.41) is 25.5. The minimum absolute atomic E-state index is 0.0127. The molecule has 39 heavy (non-hydrogen) atoms. The van der Waals surface area contributed by atoms with Gasteiger partial charge in [-0.1, -0.05) is 24.3 Å². The highest BCUT2D eigenvalue weighted by molar-refractivity contribution is 6.32. The fraction of sp³-hybridized carbons (Fsp3) is 0.414. The van der Waals surface area contributed by atoms with Crippen LogP contribution in [0.2, 0.25) is 0 Å². The Morgan fingerprint density at radius 2 is 1.85 bits per heavy atom. The molecule has 2 unspecified atom stereocenters. The van der Waals surface area contributed by atoms with Gasteiger partial charge in [0.05, 0.1) is 17.5 Å². The zero-order valence-electron chi connectivity index (χ0n) is 21.9. The molecule has 0 heterocycles. The standard InChI is InChI=1S/C29H31N3O7/c1-31-12-13-5-4-6-14(9-13)16-7-8-19(33)21-17(16)10-15-11-18-23(32(2)3)25(35)22(28(30)38)27(37)29(18,39)26(36)20(15)24(21)34/h4-9,15,18,20,22-23,31,33,39H,10-12H2,1-3H3,(H2,30,38)/t15-,18-,20?,22?,23-,29-/m0/s1. The van der Waals surface area contributed by atoms with Crippen LogP contribution < -0.4 is 11.1 Å². The molecule has 6 atom stereocenters. The number of hydrogen-bond acceptors (Lipinski definition) is 9. The molecule has 10 heteroatoms. The molecule has 2 aromatic rings. The maximum atomic E-state index is 13.9. The van der Waals surface area contributed by atoms with Crippen LogP contribution in [-0.2, 0) is 32.1 Å². The van der Waals surface area contributed by atoms with Gasteiger partial charge in [0.25, 0.3) is 0 Å². The second-order valence-corrected chi connectivity index (χ2v) is 11.0. The van der Waals surface area contributed by atoms with Gasteiger partial charge < -0.3 is 21.3 Å². The smallest absolute Gasteiger partial charge is 0.235 e. The number of phenols is 1. The van der Waals surface area contributed by atoms with E-state index in [0.717, 1.165) is 16.7 Å². The Kier molecular flexibility index (Phi) is 6.53. The van der Waals surface area contributed by atoms with Gasteiger partial charge in [0.1, 0.15) is 5.75 Å². The number of Topliss-reactive ketones (excluding diaryl/α,β-unsaturated/α-hetero) is 4. The summed E-state index contributed by atoms with van der Waals surface area (Å²) in [5.41, 5.74) is 5.77. The highest BCUT2D eigenvalue weighted by atomic mass is 16.3. The molecular weight excluding hydrogens is 502 g/mol. The number of primary amides is 1. The number of likely N-dealkylation sites (N-methyl/N-ethyl adjacent to an activating group) is 1. The highest BCUT2D eigenvalue weighted by Gasteiger charge is 2.69. The SMILES string of the molecule is CNCc1cccc(-c2ccc(O)c3c2C[C@H]2C[C@H]4[C@H](N(C)C)C(=O)C(C(N)=O)C(=O)[C@@]4(O)C(=O)C2C3=O)c1. The van der Waals surface area contributed by atoms with Gasteiger partial charge in [-0.2, -0.15) is 0 Å². The van der Waals surface area contributed by atoms with Crippen molar-refractivity contribution < 1.29 is 34.2 Å². The zero-order valence-corrected chi connectivity index (χ0v) is 21.9. The van der Waals surface area contributed by atoms with E-state index < -0.39 is 64.4 Å². The van der Waals surface area contributed by atoms with Gasteiger partial charge in [0, 0.05) is 12.5 Å². The molecular formula is C29H31N3O7. The van der Waals surface area contributed by atoms with E-state index in [0.29, 0.717) is 12.1 Å². The molecule has 204 valence electrons. The third-order valence-electron chi connectivity index (χ3n) is 8.56. The first-order valence-electron chi connectivity index (χ1n) is 12.9. The first kappa shape index (κ1) is 26.9. The molecule has 0 saturated heterocycles. The summed E-state index contributed by atoms with van der Waals surface area (Å²) in [5.74, 6) is -10.5. The Morgan fingerprint density at radius 1 is 1.13 bits per heavy atom. The quantitative estimate of drug-likeness (QED) is 0.394. The van der Waals surface area contributed by atoms with Crippen molar-refractivity contribution >= 4 is 29.0 Å². The number of aliphatic hydroxyl groups is 1. The number of nitrogens with one attached hydrogen (secondary N) is 1. The fourth-order valence-corrected chi connectivity index (χ4v) is 6.93. The summed E-state index contributed by atoms with van der Waals surface area (Å²) in [7, 11) is 4.95. The molecule has 3 aliphatic carbocycles. The van der Waals surface area contributed by atoms with E-state index in [1.54, 1.807) is 20.2 Å². The van der Waals surface area contributed by atoms with Gasteiger partial charge in [0.15, 0.2) is 34.7 Å². The minimum atomic E-state index is -2.73. The molecule has 1 amide bonds. The van der Waals surface area contributed by atoms with Crippen molar-refractivity contribution in [3.8, 4) is 16.9 Å². The molecule has 2 saturated carbocycles. The molecule has 2 fully saturated rings. The Bertz CT molecular complexity index is 1430. The van der Waals surface area contributed by atoms with Gasteiger partial charge in [-0.15, -0.1) is 0 Å². The molecule has 3 aliphatic rings. The number of hydrogen-bond donors (Lipinski definition) is 4. The monoisotopic (exact) mass is 533 g/mol. The summed E-state index contributed by atoms with van der Waals surface area (Å²) in [6.45, 7) is 0.632. The maximum Gasteiger partial charge on any atom is 0.235 e. The van der Waals surface area contributed by atoms with Crippen LogP contribution in [0.15, 0.2) is 36.4 Å². The van der Waals surface area contributed by atoms with Crippen LogP contribution in [0.5, 0.6) is 5.75 Å². The summed E-state index contributed by atoms with van der Waals surface area (Å²) in [4.78, 5) is 67.9. The topological polar surface area (TPSA) is 167 Å². The van der Waals surface area contributed by atoms with E-state index >= 15 is 0 Å². The molecule has 0 radical (unpaired) electrons. The number of fused-ring (bicyclic) bond motifs is 3. The number of carbonyl (C=O) groups excluding carboxylic acids is 5. The lowest BCUT2D eigenvalue weighted by molar-refractivity contribution is -0.181. The normalized spacial score (nSPS) is 30.1. The summed E-state index contributed by atoms with van der Waals surface area (Å²) in [6.07, 6.45) is 0.227. The number of phenolic OH excluding ortho intramolecular Hbond substituents is 1. The Labute approximate surface area is 225 Å². The number of aromatic hydroxyl groups is 1. The van der Waals surface area contributed by atoms with Crippen LogP contribution in [0.25, 0.3) is 11.1 Å². The van der Waals surface area contributed by atoms with Crippen LogP contribution in [-0.4, -0.2) is 76.9 Å². The lowest BCUT2D eigenvalue weighted by Crippen LogP contribution is -2.74. The van der Waals surface area contributed by atoms with Crippen LogP contribution >= 0.6 is 0 Å². The van der Waals surface area contributed by atoms with Crippen LogP contribution in [0.3, 0.4) is 0 Å². The third kappa shape index (κ3) is 3.85. The molecule has 5 N–H and O–H groups in total. The second kappa shape index (κ2) is 9.48. The predicted octanol–water partition coefficient (Wildman–Crippen LogP) is 0.253. The van der Waals surface area contributed by atoms with Gasteiger partial charge in [0.2, 0.25) is 5.91 Å².